The molecule has 5 rings (SSSR count). The molecular formula is C25H25ClN4O4. The highest BCUT2D eigenvalue weighted by Crippen LogP contribution is 2.27. The molecule has 0 bridgehead atoms. The number of furan rings is 1. The Morgan fingerprint density at radius 2 is 1.94 bits per heavy atom. The van der Waals surface area contributed by atoms with Gasteiger partial charge in [0.2, 0.25) is 0 Å². The number of aliphatic hydroxyl groups excluding tert-OH is 1. The van der Waals surface area contributed by atoms with Crippen molar-refractivity contribution in [3.63, 3.8) is 0 Å². The van der Waals surface area contributed by atoms with Crippen LogP contribution in [0.3, 0.4) is 0 Å². The molecule has 4 aromatic rings. The van der Waals surface area contributed by atoms with E-state index >= 15 is 0 Å². The molecule has 0 radical (unpaired) electrons. The average molecular weight is 481 g/mol. The number of carbonyl (C=O) groups is 1. The Hall–Kier alpha value is -3.33. The summed E-state index contributed by atoms with van der Waals surface area (Å²) in [5.41, 5.74) is 3.60. The van der Waals surface area contributed by atoms with E-state index < -0.39 is 11.9 Å². The van der Waals surface area contributed by atoms with Gasteiger partial charge in [-0.1, -0.05) is 23.7 Å². The van der Waals surface area contributed by atoms with Crippen LogP contribution in [0, 0.1) is 0 Å². The zero-order valence-corrected chi connectivity index (χ0v) is 19.5. The molecule has 1 saturated heterocycles. The van der Waals surface area contributed by atoms with E-state index in [0.29, 0.717) is 16.4 Å². The minimum Gasteiger partial charge on any atom is -0.451 e. The predicted molar refractivity (Wildman–Crippen MR) is 130 cm³/mol. The van der Waals surface area contributed by atoms with Gasteiger partial charge < -0.3 is 29.0 Å². The van der Waals surface area contributed by atoms with Crippen molar-refractivity contribution in [3.05, 3.63) is 71.3 Å². The van der Waals surface area contributed by atoms with Crippen LogP contribution in [0.15, 0.2) is 59.1 Å². The van der Waals surface area contributed by atoms with Crippen molar-refractivity contribution in [3.8, 4) is 11.3 Å². The number of aliphatic hydroxyl groups is 1. The van der Waals surface area contributed by atoms with Crippen LogP contribution in [0.5, 0.6) is 0 Å². The van der Waals surface area contributed by atoms with E-state index in [-0.39, 0.29) is 12.4 Å². The average Bonchev–Trinajstić information content (AvgIpc) is 3.46. The molecule has 2 N–H and O–H groups in total. The standard InChI is InChI=1S/C25H25ClN4O4/c1-29-21(16-2-5-19(6-3-16)30-8-10-33-11-9-30)14-27-24(29)20(15-31)28-25(32)23-13-17-12-18(26)4-7-22(17)34-23/h2-7,12-14,20,31H,8-11,15H2,1H3,(H,28,32). The first kappa shape index (κ1) is 22.5. The van der Waals surface area contributed by atoms with Gasteiger partial charge in [-0.3, -0.25) is 4.79 Å². The number of imidazole rings is 1. The number of morpholine rings is 1. The quantitative estimate of drug-likeness (QED) is 0.436. The van der Waals surface area contributed by atoms with Crippen LogP contribution in [0.2, 0.25) is 5.02 Å². The van der Waals surface area contributed by atoms with E-state index in [1.807, 2.05) is 11.6 Å². The molecule has 0 saturated carbocycles. The zero-order chi connectivity index (χ0) is 23.7. The summed E-state index contributed by atoms with van der Waals surface area (Å²) in [5, 5.41) is 14.1. The number of nitrogens with zero attached hydrogens (tertiary/aromatic N) is 3. The molecule has 1 atom stereocenters. The zero-order valence-electron chi connectivity index (χ0n) is 18.7. The van der Waals surface area contributed by atoms with E-state index in [0.717, 1.165) is 48.6 Å². The van der Waals surface area contributed by atoms with Crippen molar-refractivity contribution >= 4 is 34.2 Å². The summed E-state index contributed by atoms with van der Waals surface area (Å²) < 4.78 is 12.9. The molecule has 1 fully saturated rings. The predicted octanol–water partition coefficient (Wildman–Crippen LogP) is 3.79. The summed E-state index contributed by atoms with van der Waals surface area (Å²) in [6.45, 7) is 2.93. The highest BCUT2D eigenvalue weighted by molar-refractivity contribution is 6.31. The highest BCUT2D eigenvalue weighted by Gasteiger charge is 2.23. The largest absolute Gasteiger partial charge is 0.451 e. The number of benzene rings is 2. The number of hydrogen-bond donors (Lipinski definition) is 2. The van der Waals surface area contributed by atoms with Gasteiger partial charge in [0.15, 0.2) is 5.76 Å². The van der Waals surface area contributed by atoms with Crippen molar-refractivity contribution in [2.75, 3.05) is 37.8 Å². The number of carbonyl (C=O) groups excluding carboxylic acids is 1. The summed E-state index contributed by atoms with van der Waals surface area (Å²) in [7, 11) is 1.87. The smallest absolute Gasteiger partial charge is 0.287 e. The Kier molecular flexibility index (Phi) is 6.28. The van der Waals surface area contributed by atoms with E-state index in [2.05, 4.69) is 39.5 Å². The number of anilines is 1. The van der Waals surface area contributed by atoms with Gasteiger partial charge in [0.05, 0.1) is 31.7 Å². The van der Waals surface area contributed by atoms with Gasteiger partial charge in [0, 0.05) is 36.2 Å². The minimum absolute atomic E-state index is 0.142. The summed E-state index contributed by atoms with van der Waals surface area (Å²) in [5.74, 6) is 0.247. The van der Waals surface area contributed by atoms with Crippen LogP contribution >= 0.6 is 11.6 Å². The number of hydrogen-bond acceptors (Lipinski definition) is 6. The van der Waals surface area contributed by atoms with Crippen molar-refractivity contribution in [1.29, 1.82) is 0 Å². The fraction of sp³-hybridized carbons (Fsp3) is 0.280. The summed E-state index contributed by atoms with van der Waals surface area (Å²) >= 11 is 6.02. The van der Waals surface area contributed by atoms with Crippen molar-refractivity contribution < 1.29 is 19.1 Å². The molecular weight excluding hydrogens is 456 g/mol. The molecule has 1 aliphatic heterocycles. The molecule has 176 valence electrons. The Morgan fingerprint density at radius 1 is 1.18 bits per heavy atom. The van der Waals surface area contributed by atoms with Crippen LogP contribution in [-0.2, 0) is 11.8 Å². The Balaban J connectivity index is 1.33. The Morgan fingerprint density at radius 3 is 2.68 bits per heavy atom. The first-order valence-electron chi connectivity index (χ1n) is 11.1. The van der Waals surface area contributed by atoms with Crippen LogP contribution in [0.4, 0.5) is 5.69 Å². The molecule has 2 aromatic carbocycles. The van der Waals surface area contributed by atoms with Gasteiger partial charge in [0.25, 0.3) is 5.91 Å². The third-order valence-corrected chi connectivity index (χ3v) is 6.30. The van der Waals surface area contributed by atoms with Gasteiger partial charge in [-0.15, -0.1) is 0 Å². The lowest BCUT2D eigenvalue weighted by Crippen LogP contribution is -2.36. The van der Waals surface area contributed by atoms with E-state index in [4.69, 9.17) is 20.8 Å². The van der Waals surface area contributed by atoms with E-state index in [1.54, 1.807) is 30.5 Å². The molecule has 1 unspecified atom stereocenters. The third kappa shape index (κ3) is 4.40. The lowest BCUT2D eigenvalue weighted by molar-refractivity contribution is 0.0886. The molecule has 8 nitrogen and oxygen atoms in total. The van der Waals surface area contributed by atoms with Gasteiger partial charge in [-0.2, -0.15) is 0 Å². The lowest BCUT2D eigenvalue weighted by Gasteiger charge is -2.28. The van der Waals surface area contributed by atoms with Gasteiger partial charge in [-0.05, 0) is 42.0 Å². The topological polar surface area (TPSA) is 92.8 Å². The SMILES string of the molecule is Cn1c(-c2ccc(N3CCOCC3)cc2)cnc1C(CO)NC(=O)c1cc2cc(Cl)ccc2o1. The minimum atomic E-state index is -0.698. The van der Waals surface area contributed by atoms with Crippen molar-refractivity contribution in [2.24, 2.45) is 7.05 Å². The van der Waals surface area contributed by atoms with Gasteiger partial charge >= 0.3 is 0 Å². The number of halogens is 1. The first-order valence-corrected chi connectivity index (χ1v) is 11.5. The second-order valence-corrected chi connectivity index (χ2v) is 8.64. The highest BCUT2D eigenvalue weighted by atomic mass is 35.5. The lowest BCUT2D eigenvalue weighted by atomic mass is 10.1. The summed E-state index contributed by atoms with van der Waals surface area (Å²) in [4.78, 5) is 19.6. The van der Waals surface area contributed by atoms with Crippen LogP contribution in [0.25, 0.3) is 22.2 Å². The Labute approximate surface area is 201 Å². The maximum atomic E-state index is 12.8. The van der Waals surface area contributed by atoms with Crippen molar-refractivity contribution in [1.82, 2.24) is 14.9 Å². The number of fused-ring (bicyclic) bond motifs is 1. The monoisotopic (exact) mass is 480 g/mol. The van der Waals surface area contributed by atoms with E-state index in [1.165, 1.54) is 0 Å². The maximum Gasteiger partial charge on any atom is 0.287 e. The molecule has 3 heterocycles. The van der Waals surface area contributed by atoms with Crippen LogP contribution in [-0.4, -0.2) is 53.5 Å². The summed E-state index contributed by atoms with van der Waals surface area (Å²) in [6.07, 6.45) is 1.75. The molecule has 2 aromatic heterocycles. The first-order chi connectivity index (χ1) is 16.5. The number of rotatable bonds is 6. The number of ether oxygens (including phenoxy) is 1. The molecule has 9 heteroatoms. The molecule has 0 aliphatic carbocycles. The van der Waals surface area contributed by atoms with Crippen LogP contribution < -0.4 is 10.2 Å². The molecule has 34 heavy (non-hydrogen) atoms. The van der Waals surface area contributed by atoms with E-state index in [9.17, 15) is 9.90 Å². The van der Waals surface area contributed by atoms with Gasteiger partial charge in [0.1, 0.15) is 17.4 Å². The number of nitrogens with one attached hydrogen (secondary N) is 1. The number of aromatic nitrogens is 2. The fourth-order valence-electron chi connectivity index (χ4n) is 4.23. The third-order valence-electron chi connectivity index (χ3n) is 6.07. The molecule has 1 amide bonds. The fourth-order valence-corrected chi connectivity index (χ4v) is 4.41. The van der Waals surface area contributed by atoms with Crippen LogP contribution in [0.1, 0.15) is 22.4 Å². The summed E-state index contributed by atoms with van der Waals surface area (Å²) in [6, 6.07) is 14.4. The number of amides is 1. The molecule has 1 aliphatic rings. The normalized spacial score (nSPS) is 15.0. The second-order valence-electron chi connectivity index (χ2n) is 8.21. The Bertz CT molecular complexity index is 1310. The maximum absolute atomic E-state index is 12.8. The molecule has 0 spiro atoms. The van der Waals surface area contributed by atoms with Gasteiger partial charge in [-0.25, -0.2) is 4.98 Å². The van der Waals surface area contributed by atoms with Crippen molar-refractivity contribution in [2.45, 2.75) is 6.04 Å². The second kappa shape index (κ2) is 9.50.